The van der Waals surface area contributed by atoms with Gasteiger partial charge in [0, 0.05) is 0 Å². The number of rotatable bonds is 7. The van der Waals surface area contributed by atoms with Crippen LogP contribution in [0.1, 0.15) is 19.3 Å². The zero-order valence-corrected chi connectivity index (χ0v) is 10.7. The van der Waals surface area contributed by atoms with Crippen molar-refractivity contribution in [2.45, 2.75) is 24.2 Å². The zero-order chi connectivity index (χ0) is 12.6. The van der Waals surface area contributed by atoms with Crippen LogP contribution < -0.4 is 0 Å². The van der Waals surface area contributed by atoms with Crippen molar-refractivity contribution in [3.8, 4) is 0 Å². The van der Waals surface area contributed by atoms with Gasteiger partial charge in [0.1, 0.15) is 0 Å². The van der Waals surface area contributed by atoms with Crippen LogP contribution in [0.4, 0.5) is 0 Å². The predicted molar refractivity (Wildman–Crippen MR) is 71.7 cm³/mol. The first-order valence-electron chi connectivity index (χ1n) is 5.70. The molecule has 0 spiro atoms. The Balaban J connectivity index is 2.48. The maximum atomic E-state index is 11.9. The fourth-order valence-electron chi connectivity index (χ4n) is 1.42. The van der Waals surface area contributed by atoms with Gasteiger partial charge < -0.3 is 0 Å². The summed E-state index contributed by atoms with van der Waals surface area (Å²) >= 11 is 0. The number of sulfone groups is 1. The van der Waals surface area contributed by atoms with Gasteiger partial charge in [-0.25, -0.2) is 8.42 Å². The van der Waals surface area contributed by atoms with E-state index in [1.54, 1.807) is 30.3 Å². The molecule has 1 rings (SSSR count). The summed E-state index contributed by atoms with van der Waals surface area (Å²) in [6.45, 7) is 3.64. The van der Waals surface area contributed by atoms with Crippen LogP contribution in [0.3, 0.4) is 0 Å². The van der Waals surface area contributed by atoms with Crippen molar-refractivity contribution in [2.24, 2.45) is 0 Å². The first kappa shape index (κ1) is 13.7. The van der Waals surface area contributed by atoms with Gasteiger partial charge in [-0.15, -0.1) is 6.58 Å². The van der Waals surface area contributed by atoms with Gasteiger partial charge in [0.2, 0.25) is 0 Å². The highest BCUT2D eigenvalue weighted by Gasteiger charge is 2.10. The van der Waals surface area contributed by atoms with Crippen LogP contribution in [-0.4, -0.2) is 14.2 Å². The van der Waals surface area contributed by atoms with Crippen LogP contribution in [0.25, 0.3) is 0 Å². The third-order valence-electron chi connectivity index (χ3n) is 2.36. The van der Waals surface area contributed by atoms with Crippen LogP contribution in [0, 0.1) is 0 Å². The molecule has 0 atom stereocenters. The summed E-state index contributed by atoms with van der Waals surface area (Å²) in [4.78, 5) is 0.385. The lowest BCUT2D eigenvalue weighted by molar-refractivity contribution is 0.599. The molecule has 0 heterocycles. The Morgan fingerprint density at radius 3 is 2.41 bits per heavy atom. The highest BCUT2D eigenvalue weighted by molar-refractivity contribution is 7.91. The van der Waals surface area contributed by atoms with Crippen molar-refractivity contribution >= 4 is 9.84 Å². The molecule has 1 aromatic rings. The Kier molecular flexibility index (Phi) is 5.70. The van der Waals surface area contributed by atoms with Gasteiger partial charge in [0.25, 0.3) is 0 Å². The maximum absolute atomic E-state index is 11.9. The van der Waals surface area contributed by atoms with Crippen molar-refractivity contribution in [3.05, 3.63) is 55.1 Å². The standard InChI is InChI=1S/C14H18O2S/c1-2-3-4-5-6-10-13-17(15,16)14-11-8-7-9-12-14/h2,6-12H,1,3-5,13H2/b10-6+. The second-order valence-corrected chi connectivity index (χ2v) is 5.82. The summed E-state index contributed by atoms with van der Waals surface area (Å²) in [6.07, 6.45) is 8.40. The molecule has 2 nitrogen and oxygen atoms in total. The normalized spacial score (nSPS) is 11.8. The number of hydrogen-bond donors (Lipinski definition) is 0. The van der Waals surface area contributed by atoms with Crippen LogP contribution >= 0.6 is 0 Å². The van der Waals surface area contributed by atoms with E-state index in [0.29, 0.717) is 4.90 Å². The van der Waals surface area contributed by atoms with Crippen LogP contribution in [0.2, 0.25) is 0 Å². The number of hydrogen-bond acceptors (Lipinski definition) is 2. The molecule has 0 aromatic heterocycles. The van der Waals surface area contributed by atoms with Gasteiger partial charge >= 0.3 is 0 Å². The van der Waals surface area contributed by atoms with Gasteiger partial charge in [-0.1, -0.05) is 36.4 Å². The van der Waals surface area contributed by atoms with E-state index in [-0.39, 0.29) is 5.75 Å². The molecular weight excluding hydrogens is 232 g/mol. The Labute approximate surface area is 104 Å². The van der Waals surface area contributed by atoms with E-state index < -0.39 is 9.84 Å². The van der Waals surface area contributed by atoms with Gasteiger partial charge in [-0.05, 0) is 31.4 Å². The molecule has 0 unspecified atom stereocenters. The minimum atomic E-state index is -3.16. The first-order valence-corrected chi connectivity index (χ1v) is 7.36. The fourth-order valence-corrected chi connectivity index (χ4v) is 2.57. The Hall–Kier alpha value is -1.35. The van der Waals surface area contributed by atoms with E-state index in [1.165, 1.54) is 0 Å². The average Bonchev–Trinajstić information content (AvgIpc) is 2.35. The maximum Gasteiger partial charge on any atom is 0.181 e. The minimum absolute atomic E-state index is 0.0745. The summed E-state index contributed by atoms with van der Waals surface area (Å²) in [5.41, 5.74) is 0. The van der Waals surface area contributed by atoms with E-state index in [1.807, 2.05) is 18.2 Å². The molecule has 0 amide bonds. The van der Waals surface area contributed by atoms with Crippen molar-refractivity contribution in [1.82, 2.24) is 0 Å². The second-order valence-electron chi connectivity index (χ2n) is 3.79. The van der Waals surface area contributed by atoms with E-state index in [4.69, 9.17) is 0 Å². The highest BCUT2D eigenvalue weighted by Crippen LogP contribution is 2.10. The van der Waals surface area contributed by atoms with Crippen molar-refractivity contribution in [1.29, 1.82) is 0 Å². The lowest BCUT2D eigenvalue weighted by atomic mass is 10.2. The van der Waals surface area contributed by atoms with Gasteiger partial charge in [-0.2, -0.15) is 0 Å². The molecule has 0 aliphatic carbocycles. The largest absolute Gasteiger partial charge is 0.223 e. The highest BCUT2D eigenvalue weighted by atomic mass is 32.2. The van der Waals surface area contributed by atoms with E-state index in [9.17, 15) is 8.42 Å². The monoisotopic (exact) mass is 250 g/mol. The first-order chi connectivity index (χ1) is 8.17. The molecule has 0 fully saturated rings. The third-order valence-corrected chi connectivity index (χ3v) is 3.99. The SMILES string of the molecule is C=CCCC/C=C/CS(=O)(=O)c1ccccc1. The molecule has 0 saturated heterocycles. The lowest BCUT2D eigenvalue weighted by Crippen LogP contribution is -2.04. The smallest absolute Gasteiger partial charge is 0.181 e. The molecular formula is C14H18O2S. The molecule has 3 heteroatoms. The summed E-state index contributed by atoms with van der Waals surface area (Å²) in [7, 11) is -3.16. The number of allylic oxidation sites excluding steroid dienone is 2. The van der Waals surface area contributed by atoms with Crippen LogP contribution in [-0.2, 0) is 9.84 Å². The summed E-state index contributed by atoms with van der Waals surface area (Å²) in [5.74, 6) is 0.0745. The second kappa shape index (κ2) is 7.07. The molecule has 92 valence electrons. The summed E-state index contributed by atoms with van der Waals surface area (Å²) in [6, 6.07) is 8.53. The van der Waals surface area contributed by atoms with Crippen molar-refractivity contribution in [3.63, 3.8) is 0 Å². The molecule has 0 N–H and O–H groups in total. The summed E-state index contributed by atoms with van der Waals surface area (Å²) in [5, 5.41) is 0. The van der Waals surface area contributed by atoms with Gasteiger partial charge in [-0.3, -0.25) is 0 Å². The van der Waals surface area contributed by atoms with Crippen molar-refractivity contribution < 1.29 is 8.42 Å². The van der Waals surface area contributed by atoms with Crippen LogP contribution in [0.15, 0.2) is 60.0 Å². The number of unbranched alkanes of at least 4 members (excludes halogenated alkanes) is 2. The van der Waals surface area contributed by atoms with E-state index >= 15 is 0 Å². The lowest BCUT2D eigenvalue weighted by Gasteiger charge is -2.00. The molecule has 0 aliphatic rings. The van der Waals surface area contributed by atoms with Gasteiger partial charge in [0.05, 0.1) is 10.6 Å². The summed E-state index contributed by atoms with van der Waals surface area (Å²) < 4.78 is 23.7. The van der Waals surface area contributed by atoms with Crippen LogP contribution in [0.5, 0.6) is 0 Å². The minimum Gasteiger partial charge on any atom is -0.223 e. The predicted octanol–water partition coefficient (Wildman–Crippen LogP) is 3.37. The molecule has 0 aliphatic heterocycles. The molecule has 1 aromatic carbocycles. The van der Waals surface area contributed by atoms with Crippen molar-refractivity contribution in [2.75, 3.05) is 5.75 Å². The molecule has 0 bridgehead atoms. The quantitative estimate of drug-likeness (QED) is 0.549. The third kappa shape index (κ3) is 5.00. The Bertz CT molecular complexity index is 458. The molecule has 0 saturated carbocycles. The molecule has 17 heavy (non-hydrogen) atoms. The Morgan fingerprint density at radius 2 is 1.76 bits per heavy atom. The van der Waals surface area contributed by atoms with Gasteiger partial charge in [0.15, 0.2) is 9.84 Å². The number of benzene rings is 1. The average molecular weight is 250 g/mol. The van der Waals surface area contributed by atoms with E-state index in [0.717, 1.165) is 19.3 Å². The molecule has 0 radical (unpaired) electrons. The fraction of sp³-hybridized carbons (Fsp3) is 0.286. The topological polar surface area (TPSA) is 34.1 Å². The zero-order valence-electron chi connectivity index (χ0n) is 9.88. The van der Waals surface area contributed by atoms with E-state index in [2.05, 4.69) is 6.58 Å². The Morgan fingerprint density at radius 1 is 1.06 bits per heavy atom.